The molecule has 0 spiro atoms. The van der Waals surface area contributed by atoms with Gasteiger partial charge in [0.2, 0.25) is 0 Å². The molecule has 1 fully saturated rings. The summed E-state index contributed by atoms with van der Waals surface area (Å²) in [5.74, 6) is 0.745. The van der Waals surface area contributed by atoms with Gasteiger partial charge < -0.3 is 10.2 Å². The minimum absolute atomic E-state index is 0.249. The summed E-state index contributed by atoms with van der Waals surface area (Å²) in [6.07, 6.45) is 5.73. The van der Waals surface area contributed by atoms with Crippen molar-refractivity contribution in [2.24, 2.45) is 5.92 Å². The molecule has 1 rings (SSSR count). The first kappa shape index (κ1) is 15.0. The van der Waals surface area contributed by atoms with Gasteiger partial charge in [-0.25, -0.2) is 0 Å². The second-order valence-electron chi connectivity index (χ2n) is 6.76. The Bertz CT molecular complexity index is 201. The van der Waals surface area contributed by atoms with E-state index in [0.717, 1.165) is 18.5 Å². The van der Waals surface area contributed by atoms with Crippen LogP contribution in [0.3, 0.4) is 0 Å². The van der Waals surface area contributed by atoms with Gasteiger partial charge in [0, 0.05) is 18.1 Å². The van der Waals surface area contributed by atoms with Crippen molar-refractivity contribution in [1.29, 1.82) is 0 Å². The Balaban J connectivity index is 2.29. The minimum atomic E-state index is 0.249. The standard InChI is InChI=1S/C15H32N2/c1-6-17(14-9-7-8-10-14)12-13(2)11-16-15(3,4)5/h13-14,16H,6-12H2,1-5H3. The van der Waals surface area contributed by atoms with Crippen molar-refractivity contribution in [3.63, 3.8) is 0 Å². The van der Waals surface area contributed by atoms with Gasteiger partial charge >= 0.3 is 0 Å². The van der Waals surface area contributed by atoms with Crippen LogP contribution in [-0.2, 0) is 0 Å². The van der Waals surface area contributed by atoms with Crippen molar-refractivity contribution in [3.05, 3.63) is 0 Å². The van der Waals surface area contributed by atoms with E-state index < -0.39 is 0 Å². The molecule has 2 heteroatoms. The Morgan fingerprint density at radius 2 is 1.82 bits per heavy atom. The van der Waals surface area contributed by atoms with Gasteiger partial charge in [-0.3, -0.25) is 0 Å². The third-order valence-corrected chi connectivity index (χ3v) is 3.77. The second kappa shape index (κ2) is 6.75. The smallest absolute Gasteiger partial charge is 0.00966 e. The van der Waals surface area contributed by atoms with Gasteiger partial charge in [-0.2, -0.15) is 0 Å². The lowest BCUT2D eigenvalue weighted by atomic mass is 10.1. The lowest BCUT2D eigenvalue weighted by Gasteiger charge is -2.31. The van der Waals surface area contributed by atoms with Crippen molar-refractivity contribution in [1.82, 2.24) is 10.2 Å². The number of rotatable bonds is 6. The second-order valence-corrected chi connectivity index (χ2v) is 6.76. The average molecular weight is 240 g/mol. The molecule has 0 aromatic rings. The highest BCUT2D eigenvalue weighted by molar-refractivity contribution is 4.79. The number of hydrogen-bond acceptors (Lipinski definition) is 2. The SMILES string of the molecule is CCN(CC(C)CNC(C)(C)C)C1CCCC1. The van der Waals surface area contributed by atoms with Crippen LogP contribution in [0.25, 0.3) is 0 Å². The molecule has 1 N–H and O–H groups in total. The quantitative estimate of drug-likeness (QED) is 0.766. The molecular formula is C15H32N2. The fourth-order valence-corrected chi connectivity index (χ4v) is 2.75. The lowest BCUT2D eigenvalue weighted by Crippen LogP contribution is -2.43. The van der Waals surface area contributed by atoms with E-state index in [9.17, 15) is 0 Å². The van der Waals surface area contributed by atoms with Crippen LogP contribution in [0.4, 0.5) is 0 Å². The van der Waals surface area contributed by atoms with E-state index in [2.05, 4.69) is 44.8 Å². The molecule has 102 valence electrons. The maximum atomic E-state index is 3.62. The lowest BCUT2D eigenvalue weighted by molar-refractivity contribution is 0.176. The van der Waals surface area contributed by atoms with Crippen molar-refractivity contribution < 1.29 is 0 Å². The predicted molar refractivity (Wildman–Crippen MR) is 76.4 cm³/mol. The molecule has 1 atom stereocenters. The van der Waals surface area contributed by atoms with Gasteiger partial charge in [-0.15, -0.1) is 0 Å². The molecule has 1 unspecified atom stereocenters. The molecule has 0 heterocycles. The molecule has 1 aliphatic carbocycles. The van der Waals surface area contributed by atoms with Crippen LogP contribution >= 0.6 is 0 Å². The Kier molecular flexibility index (Phi) is 5.94. The third-order valence-electron chi connectivity index (χ3n) is 3.77. The first-order valence-corrected chi connectivity index (χ1v) is 7.41. The zero-order chi connectivity index (χ0) is 12.9. The highest BCUT2D eigenvalue weighted by atomic mass is 15.2. The molecule has 2 nitrogen and oxygen atoms in total. The molecule has 0 aliphatic heterocycles. The summed E-state index contributed by atoms with van der Waals surface area (Å²) in [6.45, 7) is 15.0. The van der Waals surface area contributed by atoms with Gasteiger partial charge in [0.15, 0.2) is 0 Å². The Hall–Kier alpha value is -0.0800. The normalized spacial score (nSPS) is 20.1. The van der Waals surface area contributed by atoms with Crippen LogP contribution in [-0.4, -0.2) is 36.1 Å². The van der Waals surface area contributed by atoms with Crippen LogP contribution in [0.1, 0.15) is 60.3 Å². The number of nitrogens with one attached hydrogen (secondary N) is 1. The highest BCUT2D eigenvalue weighted by Gasteiger charge is 2.22. The van der Waals surface area contributed by atoms with Crippen LogP contribution in [0.2, 0.25) is 0 Å². The van der Waals surface area contributed by atoms with Gasteiger partial charge in [0.25, 0.3) is 0 Å². The molecule has 1 saturated carbocycles. The highest BCUT2D eigenvalue weighted by Crippen LogP contribution is 2.23. The van der Waals surface area contributed by atoms with E-state index in [-0.39, 0.29) is 5.54 Å². The zero-order valence-electron chi connectivity index (χ0n) is 12.6. The number of hydrogen-bond donors (Lipinski definition) is 1. The molecule has 0 aromatic heterocycles. The zero-order valence-corrected chi connectivity index (χ0v) is 12.6. The first-order chi connectivity index (χ1) is 7.92. The van der Waals surface area contributed by atoms with E-state index in [4.69, 9.17) is 0 Å². The van der Waals surface area contributed by atoms with Gasteiger partial charge in [-0.1, -0.05) is 26.7 Å². The maximum Gasteiger partial charge on any atom is 0.00966 e. The van der Waals surface area contributed by atoms with Crippen molar-refractivity contribution >= 4 is 0 Å². The minimum Gasteiger partial charge on any atom is -0.312 e. The van der Waals surface area contributed by atoms with Crippen LogP contribution in [0, 0.1) is 5.92 Å². The number of nitrogens with zero attached hydrogens (tertiary/aromatic N) is 1. The van der Waals surface area contributed by atoms with E-state index in [0.29, 0.717) is 0 Å². The molecule has 0 bridgehead atoms. The van der Waals surface area contributed by atoms with Crippen LogP contribution in [0.15, 0.2) is 0 Å². The monoisotopic (exact) mass is 240 g/mol. The summed E-state index contributed by atoms with van der Waals surface area (Å²) >= 11 is 0. The van der Waals surface area contributed by atoms with Gasteiger partial charge in [0.05, 0.1) is 0 Å². The Morgan fingerprint density at radius 3 is 2.29 bits per heavy atom. The summed E-state index contributed by atoms with van der Waals surface area (Å²) in [5.41, 5.74) is 0.249. The molecule has 1 aliphatic rings. The van der Waals surface area contributed by atoms with Crippen molar-refractivity contribution in [2.75, 3.05) is 19.6 Å². The van der Waals surface area contributed by atoms with E-state index in [1.807, 2.05) is 0 Å². The largest absolute Gasteiger partial charge is 0.312 e. The van der Waals surface area contributed by atoms with Gasteiger partial charge in [-0.05, 0) is 52.6 Å². The molecule has 0 saturated heterocycles. The molecule has 17 heavy (non-hydrogen) atoms. The summed E-state index contributed by atoms with van der Waals surface area (Å²) in [5, 5.41) is 3.62. The van der Waals surface area contributed by atoms with Crippen molar-refractivity contribution in [2.45, 2.75) is 71.9 Å². The van der Waals surface area contributed by atoms with E-state index in [1.54, 1.807) is 0 Å². The fourth-order valence-electron chi connectivity index (χ4n) is 2.75. The van der Waals surface area contributed by atoms with Crippen LogP contribution < -0.4 is 5.32 Å². The van der Waals surface area contributed by atoms with Crippen molar-refractivity contribution in [3.8, 4) is 0 Å². The molecule has 0 aromatic carbocycles. The van der Waals surface area contributed by atoms with Crippen LogP contribution in [0.5, 0.6) is 0 Å². The molecular weight excluding hydrogens is 208 g/mol. The third kappa shape index (κ3) is 5.87. The Labute approximate surface area is 108 Å². The molecule has 0 amide bonds. The summed E-state index contributed by atoms with van der Waals surface area (Å²) in [4.78, 5) is 2.70. The van der Waals surface area contributed by atoms with E-state index in [1.165, 1.54) is 38.8 Å². The molecule has 0 radical (unpaired) electrons. The Morgan fingerprint density at radius 1 is 1.24 bits per heavy atom. The van der Waals surface area contributed by atoms with Gasteiger partial charge in [0.1, 0.15) is 0 Å². The summed E-state index contributed by atoms with van der Waals surface area (Å²) in [6, 6.07) is 0.872. The summed E-state index contributed by atoms with van der Waals surface area (Å²) in [7, 11) is 0. The first-order valence-electron chi connectivity index (χ1n) is 7.41. The fraction of sp³-hybridized carbons (Fsp3) is 1.00. The maximum absolute atomic E-state index is 3.62. The van der Waals surface area contributed by atoms with E-state index >= 15 is 0 Å². The average Bonchev–Trinajstić information content (AvgIpc) is 2.75. The summed E-state index contributed by atoms with van der Waals surface area (Å²) < 4.78 is 0. The predicted octanol–water partition coefficient (Wildman–Crippen LogP) is 3.28. The topological polar surface area (TPSA) is 15.3 Å².